The number of ether oxygens (including phenoxy) is 1. The lowest BCUT2D eigenvalue weighted by atomic mass is 10.0. The lowest BCUT2D eigenvalue weighted by Gasteiger charge is -2.34. The van der Waals surface area contributed by atoms with Crippen molar-refractivity contribution in [1.29, 1.82) is 0 Å². The number of β-amino-alcohol motifs (C(OH)–C–C–N with tert-alkyl or cyclic N) is 1. The van der Waals surface area contributed by atoms with E-state index in [4.69, 9.17) is 9.84 Å². The second kappa shape index (κ2) is 5.61. The molecule has 94 valence electrons. The van der Waals surface area contributed by atoms with Gasteiger partial charge in [0, 0.05) is 26.2 Å². The SMILES string of the molecule is CCOC1CCN(CC(C)(O)C(=O)O)CC1. The molecule has 1 aliphatic rings. The maximum atomic E-state index is 10.8. The number of rotatable bonds is 5. The van der Waals surface area contributed by atoms with Crippen molar-refractivity contribution >= 4 is 5.97 Å². The van der Waals surface area contributed by atoms with E-state index < -0.39 is 11.6 Å². The molecule has 0 aromatic rings. The molecule has 16 heavy (non-hydrogen) atoms. The van der Waals surface area contributed by atoms with E-state index >= 15 is 0 Å². The molecule has 1 rings (SSSR count). The Bertz CT molecular complexity index is 234. The van der Waals surface area contributed by atoms with Gasteiger partial charge in [-0.3, -0.25) is 4.90 Å². The van der Waals surface area contributed by atoms with Crippen molar-refractivity contribution in [2.24, 2.45) is 0 Å². The smallest absolute Gasteiger partial charge is 0.336 e. The Morgan fingerprint density at radius 2 is 2.06 bits per heavy atom. The van der Waals surface area contributed by atoms with Gasteiger partial charge >= 0.3 is 5.97 Å². The van der Waals surface area contributed by atoms with E-state index in [0.717, 1.165) is 32.5 Å². The molecule has 0 saturated carbocycles. The molecule has 1 fully saturated rings. The third kappa shape index (κ3) is 3.73. The molecule has 0 amide bonds. The molecule has 1 atom stereocenters. The summed E-state index contributed by atoms with van der Waals surface area (Å²) >= 11 is 0. The van der Waals surface area contributed by atoms with Crippen LogP contribution >= 0.6 is 0 Å². The average molecular weight is 231 g/mol. The van der Waals surface area contributed by atoms with Crippen molar-refractivity contribution in [3.05, 3.63) is 0 Å². The first-order valence-corrected chi connectivity index (χ1v) is 5.75. The van der Waals surface area contributed by atoms with Crippen molar-refractivity contribution in [3.8, 4) is 0 Å². The number of carbonyl (C=O) groups is 1. The highest BCUT2D eigenvalue weighted by atomic mass is 16.5. The van der Waals surface area contributed by atoms with Crippen LogP contribution in [0.3, 0.4) is 0 Å². The van der Waals surface area contributed by atoms with E-state index in [9.17, 15) is 9.90 Å². The molecule has 1 saturated heterocycles. The van der Waals surface area contributed by atoms with Gasteiger partial charge in [0.1, 0.15) is 0 Å². The molecule has 0 spiro atoms. The lowest BCUT2D eigenvalue weighted by Crippen LogP contribution is -2.49. The number of hydrogen-bond acceptors (Lipinski definition) is 4. The first-order chi connectivity index (χ1) is 7.45. The van der Waals surface area contributed by atoms with Crippen molar-refractivity contribution in [2.75, 3.05) is 26.2 Å². The lowest BCUT2D eigenvalue weighted by molar-refractivity contribution is -0.159. The van der Waals surface area contributed by atoms with Crippen LogP contribution in [0.5, 0.6) is 0 Å². The van der Waals surface area contributed by atoms with Gasteiger partial charge in [0.2, 0.25) is 0 Å². The predicted molar refractivity (Wildman–Crippen MR) is 59.3 cm³/mol. The van der Waals surface area contributed by atoms with E-state index in [1.807, 2.05) is 11.8 Å². The molecule has 0 aromatic carbocycles. The predicted octanol–water partition coefficient (Wildman–Crippen LogP) is 0.323. The Labute approximate surface area is 96.0 Å². The van der Waals surface area contributed by atoms with Gasteiger partial charge in [-0.25, -0.2) is 4.79 Å². The Hall–Kier alpha value is -0.650. The van der Waals surface area contributed by atoms with Crippen molar-refractivity contribution in [2.45, 2.75) is 38.4 Å². The van der Waals surface area contributed by atoms with Gasteiger partial charge in [-0.05, 0) is 26.7 Å². The van der Waals surface area contributed by atoms with Crippen LogP contribution in [0.4, 0.5) is 0 Å². The zero-order valence-corrected chi connectivity index (χ0v) is 9.98. The van der Waals surface area contributed by atoms with Crippen LogP contribution in [0.1, 0.15) is 26.7 Å². The van der Waals surface area contributed by atoms with E-state index in [0.29, 0.717) is 0 Å². The fourth-order valence-electron chi connectivity index (χ4n) is 1.97. The fraction of sp³-hybridized carbons (Fsp3) is 0.909. The van der Waals surface area contributed by atoms with Gasteiger partial charge in [0.15, 0.2) is 5.60 Å². The number of carboxylic acids is 1. The molecule has 1 aliphatic heterocycles. The number of hydrogen-bond donors (Lipinski definition) is 2. The Morgan fingerprint density at radius 1 is 1.50 bits per heavy atom. The zero-order chi connectivity index (χ0) is 12.2. The normalized spacial score (nSPS) is 22.9. The van der Waals surface area contributed by atoms with Crippen LogP contribution < -0.4 is 0 Å². The van der Waals surface area contributed by atoms with Gasteiger partial charge in [0.25, 0.3) is 0 Å². The summed E-state index contributed by atoms with van der Waals surface area (Å²) < 4.78 is 5.50. The number of aliphatic carboxylic acids is 1. The maximum Gasteiger partial charge on any atom is 0.336 e. The molecular weight excluding hydrogens is 210 g/mol. The van der Waals surface area contributed by atoms with Crippen LogP contribution in [-0.2, 0) is 9.53 Å². The third-order valence-electron chi connectivity index (χ3n) is 2.93. The highest BCUT2D eigenvalue weighted by Crippen LogP contribution is 2.16. The maximum absolute atomic E-state index is 10.8. The second-order valence-corrected chi connectivity index (χ2v) is 4.51. The van der Waals surface area contributed by atoms with E-state index in [-0.39, 0.29) is 12.6 Å². The monoisotopic (exact) mass is 231 g/mol. The number of likely N-dealkylation sites (tertiary alicyclic amines) is 1. The minimum absolute atomic E-state index is 0.182. The second-order valence-electron chi connectivity index (χ2n) is 4.51. The van der Waals surface area contributed by atoms with Crippen LogP contribution in [0.2, 0.25) is 0 Å². The van der Waals surface area contributed by atoms with Crippen LogP contribution in [0.15, 0.2) is 0 Å². The molecule has 5 nitrogen and oxygen atoms in total. The highest BCUT2D eigenvalue weighted by molar-refractivity contribution is 5.76. The van der Waals surface area contributed by atoms with E-state index in [1.54, 1.807) is 0 Å². The number of aliphatic hydroxyl groups is 1. The fourth-order valence-corrected chi connectivity index (χ4v) is 1.97. The molecule has 0 bridgehead atoms. The first-order valence-electron chi connectivity index (χ1n) is 5.75. The highest BCUT2D eigenvalue weighted by Gasteiger charge is 2.33. The largest absolute Gasteiger partial charge is 0.479 e. The quantitative estimate of drug-likeness (QED) is 0.713. The van der Waals surface area contributed by atoms with E-state index in [1.165, 1.54) is 6.92 Å². The van der Waals surface area contributed by atoms with Gasteiger partial charge in [-0.1, -0.05) is 0 Å². The molecule has 0 aromatic heterocycles. The van der Waals surface area contributed by atoms with E-state index in [2.05, 4.69) is 0 Å². The standard InChI is InChI=1S/C11H21NO4/c1-3-16-9-4-6-12(7-5-9)8-11(2,15)10(13)14/h9,15H,3-8H2,1-2H3,(H,13,14). The summed E-state index contributed by atoms with van der Waals surface area (Å²) in [4.78, 5) is 12.7. The summed E-state index contributed by atoms with van der Waals surface area (Å²) in [5, 5.41) is 18.4. The number of nitrogens with zero attached hydrogens (tertiary/aromatic N) is 1. The average Bonchev–Trinajstić information content (AvgIpc) is 2.21. The summed E-state index contributed by atoms with van der Waals surface area (Å²) in [5.41, 5.74) is -1.65. The Balaban J connectivity index is 2.34. The number of carboxylic acid groups (broad SMARTS) is 1. The molecule has 1 unspecified atom stereocenters. The summed E-state index contributed by atoms with van der Waals surface area (Å²) in [6.07, 6.45) is 2.10. The van der Waals surface area contributed by atoms with Crippen molar-refractivity contribution < 1.29 is 19.7 Å². The number of piperidine rings is 1. The Morgan fingerprint density at radius 3 is 2.50 bits per heavy atom. The van der Waals surface area contributed by atoms with Crippen molar-refractivity contribution in [3.63, 3.8) is 0 Å². The molecule has 0 aliphatic carbocycles. The summed E-state index contributed by atoms with van der Waals surface area (Å²) in [6, 6.07) is 0. The van der Waals surface area contributed by atoms with Crippen LogP contribution in [0, 0.1) is 0 Å². The summed E-state index contributed by atoms with van der Waals surface area (Å²) in [5.74, 6) is -1.17. The van der Waals surface area contributed by atoms with Crippen LogP contribution in [-0.4, -0.2) is 59.0 Å². The first kappa shape index (κ1) is 13.4. The van der Waals surface area contributed by atoms with Gasteiger partial charge < -0.3 is 14.9 Å². The molecule has 2 N–H and O–H groups in total. The molecule has 1 heterocycles. The van der Waals surface area contributed by atoms with Crippen LogP contribution in [0.25, 0.3) is 0 Å². The minimum atomic E-state index is -1.65. The molecule has 5 heteroatoms. The molecule has 0 radical (unpaired) electrons. The third-order valence-corrected chi connectivity index (χ3v) is 2.93. The topological polar surface area (TPSA) is 70.0 Å². The minimum Gasteiger partial charge on any atom is -0.479 e. The Kier molecular flexibility index (Phi) is 4.70. The summed E-state index contributed by atoms with van der Waals surface area (Å²) in [7, 11) is 0. The summed E-state index contributed by atoms with van der Waals surface area (Å²) in [6.45, 7) is 5.78. The van der Waals surface area contributed by atoms with Gasteiger partial charge in [-0.2, -0.15) is 0 Å². The zero-order valence-electron chi connectivity index (χ0n) is 9.98. The van der Waals surface area contributed by atoms with Crippen molar-refractivity contribution in [1.82, 2.24) is 4.90 Å². The van der Waals surface area contributed by atoms with Gasteiger partial charge in [-0.15, -0.1) is 0 Å². The molecular formula is C11H21NO4. The van der Waals surface area contributed by atoms with Gasteiger partial charge in [0.05, 0.1) is 6.10 Å².